The number of hydrogen-bond donors (Lipinski definition) is 2. The van der Waals surface area contributed by atoms with Crippen LogP contribution in [0.1, 0.15) is 83.1 Å². The van der Waals surface area contributed by atoms with Crippen molar-refractivity contribution in [2.24, 2.45) is 0 Å². The van der Waals surface area contributed by atoms with Crippen LogP contribution in [-0.2, 0) is 29.1 Å². The molecule has 2 saturated heterocycles. The van der Waals surface area contributed by atoms with Gasteiger partial charge in [0.2, 0.25) is 11.8 Å². The van der Waals surface area contributed by atoms with E-state index in [1.807, 2.05) is 12.3 Å². The highest BCUT2D eigenvalue weighted by molar-refractivity contribution is 6.05. The zero-order chi connectivity index (χ0) is 29.2. The quantitative estimate of drug-likeness (QED) is 0.276. The van der Waals surface area contributed by atoms with Crippen molar-refractivity contribution >= 4 is 23.5 Å². The van der Waals surface area contributed by atoms with E-state index in [0.717, 1.165) is 50.4 Å². The Morgan fingerprint density at radius 2 is 1.79 bits per heavy atom. The Morgan fingerprint density at radius 3 is 2.50 bits per heavy atom. The topological polar surface area (TPSA) is 94.6 Å². The molecule has 0 aliphatic carbocycles. The number of aromatic nitrogens is 1. The van der Waals surface area contributed by atoms with Gasteiger partial charge in [-0.05, 0) is 65.1 Å². The van der Waals surface area contributed by atoms with Crippen LogP contribution in [-0.4, -0.2) is 58.2 Å². The Labute approximate surface area is 247 Å². The van der Waals surface area contributed by atoms with Gasteiger partial charge >= 0.3 is 0 Å². The van der Waals surface area contributed by atoms with Crippen LogP contribution in [0.15, 0.2) is 60.8 Å². The first-order valence-electron chi connectivity index (χ1n) is 15.1. The highest BCUT2D eigenvalue weighted by Gasteiger charge is 2.39. The van der Waals surface area contributed by atoms with Gasteiger partial charge in [-0.2, -0.15) is 0 Å². The van der Waals surface area contributed by atoms with Crippen molar-refractivity contribution in [3.8, 4) is 0 Å². The Hall–Kier alpha value is -4.04. The number of rotatable bonds is 10. The van der Waals surface area contributed by atoms with Crippen LogP contribution in [0.25, 0.3) is 0 Å². The predicted octanol–water partition coefficient (Wildman–Crippen LogP) is 4.61. The molecule has 1 unspecified atom stereocenters. The van der Waals surface area contributed by atoms with Crippen molar-refractivity contribution in [1.82, 2.24) is 20.1 Å². The number of benzene rings is 2. The van der Waals surface area contributed by atoms with Crippen LogP contribution in [0.3, 0.4) is 0 Å². The standard InChI is InChI=1S/C34H39N5O3/c1-22(2)26-10-13-31(36-17-26)35-15-3-4-23-5-7-24(8-6-23)18-38-19-28(20-38)25-9-11-29-27(16-25)21-39(34(29)42)30-12-14-32(40)37-33(30)41/h5-11,13,16-17,22,28,30H,3-4,12,14-15,18-21H2,1-2H3,(H,35,36)(H,37,40,41). The van der Waals surface area contributed by atoms with Crippen LogP contribution in [0.2, 0.25) is 0 Å². The molecular weight excluding hydrogens is 526 g/mol. The monoisotopic (exact) mass is 565 g/mol. The van der Waals surface area contributed by atoms with Gasteiger partial charge in [-0.25, -0.2) is 4.98 Å². The Balaban J connectivity index is 0.942. The SMILES string of the molecule is CC(C)c1ccc(NCCCc2ccc(CN3CC(c4ccc5c(c4)CN(C4CCC(=O)NC4=O)C5=O)C3)cc2)nc1. The van der Waals surface area contributed by atoms with Crippen molar-refractivity contribution < 1.29 is 14.4 Å². The average molecular weight is 566 g/mol. The molecule has 8 nitrogen and oxygen atoms in total. The summed E-state index contributed by atoms with van der Waals surface area (Å²) >= 11 is 0. The molecule has 1 aromatic heterocycles. The van der Waals surface area contributed by atoms with Gasteiger partial charge in [0, 0.05) is 56.8 Å². The zero-order valence-electron chi connectivity index (χ0n) is 24.4. The smallest absolute Gasteiger partial charge is 0.255 e. The maximum atomic E-state index is 13.0. The number of hydrogen-bond acceptors (Lipinski definition) is 6. The fourth-order valence-electron chi connectivity index (χ4n) is 6.19. The van der Waals surface area contributed by atoms with Gasteiger partial charge in [-0.1, -0.05) is 56.3 Å². The van der Waals surface area contributed by atoms with Crippen molar-refractivity contribution in [3.05, 3.63) is 94.2 Å². The number of aryl methyl sites for hydroxylation is 1. The normalized spacial score (nSPS) is 19.2. The van der Waals surface area contributed by atoms with Crippen molar-refractivity contribution in [1.29, 1.82) is 0 Å². The van der Waals surface area contributed by atoms with Gasteiger partial charge in [-0.15, -0.1) is 0 Å². The van der Waals surface area contributed by atoms with Gasteiger partial charge in [0.05, 0.1) is 0 Å². The average Bonchev–Trinajstić information content (AvgIpc) is 3.29. The van der Waals surface area contributed by atoms with Crippen LogP contribution in [0.4, 0.5) is 5.82 Å². The third kappa shape index (κ3) is 6.09. The molecule has 0 saturated carbocycles. The van der Waals surface area contributed by atoms with E-state index in [9.17, 15) is 14.4 Å². The lowest BCUT2D eigenvalue weighted by Gasteiger charge is -2.39. The molecule has 3 aliphatic rings. The number of anilines is 1. The summed E-state index contributed by atoms with van der Waals surface area (Å²) < 4.78 is 0. The third-order valence-electron chi connectivity index (χ3n) is 8.81. The van der Waals surface area contributed by atoms with Crippen molar-refractivity contribution in [2.75, 3.05) is 25.0 Å². The highest BCUT2D eigenvalue weighted by Crippen LogP contribution is 2.33. The number of carbonyl (C=O) groups is 3. The molecule has 6 rings (SSSR count). The molecular formula is C34H39N5O3. The second kappa shape index (κ2) is 12.1. The van der Waals surface area contributed by atoms with Crippen molar-refractivity contribution in [3.63, 3.8) is 0 Å². The van der Waals surface area contributed by atoms with E-state index in [-0.39, 0.29) is 24.1 Å². The fraction of sp³-hybridized carbons (Fsp3) is 0.412. The molecule has 3 aromatic rings. The predicted molar refractivity (Wildman–Crippen MR) is 162 cm³/mol. The van der Waals surface area contributed by atoms with Gasteiger partial charge in [0.25, 0.3) is 5.91 Å². The Morgan fingerprint density at radius 1 is 1.00 bits per heavy atom. The van der Waals surface area contributed by atoms with Gasteiger partial charge in [-0.3, -0.25) is 24.6 Å². The second-order valence-corrected chi connectivity index (χ2v) is 12.2. The van der Waals surface area contributed by atoms with E-state index in [0.29, 0.717) is 30.4 Å². The first-order chi connectivity index (χ1) is 20.3. The molecule has 0 radical (unpaired) electrons. The number of carbonyl (C=O) groups excluding carboxylic acids is 3. The summed E-state index contributed by atoms with van der Waals surface area (Å²) in [7, 11) is 0. The van der Waals surface area contributed by atoms with E-state index in [4.69, 9.17) is 0 Å². The van der Waals surface area contributed by atoms with Crippen LogP contribution >= 0.6 is 0 Å². The Kier molecular flexibility index (Phi) is 8.07. The summed E-state index contributed by atoms with van der Waals surface area (Å²) in [6, 6.07) is 18.7. The van der Waals surface area contributed by atoms with E-state index in [1.165, 1.54) is 22.3 Å². The fourth-order valence-corrected chi connectivity index (χ4v) is 6.19. The summed E-state index contributed by atoms with van der Waals surface area (Å²) in [6.07, 6.45) is 4.70. The second-order valence-electron chi connectivity index (χ2n) is 12.2. The van der Waals surface area contributed by atoms with Crippen LogP contribution in [0.5, 0.6) is 0 Å². The molecule has 0 bridgehead atoms. The van der Waals surface area contributed by atoms with E-state index < -0.39 is 6.04 Å². The number of nitrogens with one attached hydrogen (secondary N) is 2. The number of imide groups is 1. The molecule has 42 heavy (non-hydrogen) atoms. The summed E-state index contributed by atoms with van der Waals surface area (Å²) in [6.45, 7) is 8.59. The molecule has 2 aromatic carbocycles. The number of piperidine rings is 1. The van der Waals surface area contributed by atoms with Crippen LogP contribution < -0.4 is 10.6 Å². The first kappa shape index (κ1) is 28.1. The molecule has 2 N–H and O–H groups in total. The molecule has 1 atom stereocenters. The maximum absolute atomic E-state index is 13.0. The molecule has 218 valence electrons. The lowest BCUT2D eigenvalue weighted by atomic mass is 9.89. The molecule has 2 fully saturated rings. The molecule has 3 aliphatic heterocycles. The maximum Gasteiger partial charge on any atom is 0.255 e. The highest BCUT2D eigenvalue weighted by atomic mass is 16.2. The minimum absolute atomic E-state index is 0.116. The van der Waals surface area contributed by atoms with E-state index >= 15 is 0 Å². The summed E-state index contributed by atoms with van der Waals surface area (Å²) in [5.74, 6) is 1.13. The molecule has 4 heterocycles. The Bertz CT molecular complexity index is 1460. The largest absolute Gasteiger partial charge is 0.370 e. The summed E-state index contributed by atoms with van der Waals surface area (Å²) in [5.41, 5.74) is 6.83. The molecule has 0 spiro atoms. The zero-order valence-corrected chi connectivity index (χ0v) is 24.4. The van der Waals surface area contributed by atoms with E-state index in [2.05, 4.69) is 82.9 Å². The number of fused-ring (bicyclic) bond motifs is 1. The van der Waals surface area contributed by atoms with Crippen LogP contribution in [0, 0.1) is 0 Å². The summed E-state index contributed by atoms with van der Waals surface area (Å²) in [5, 5.41) is 5.79. The number of pyridine rings is 1. The number of amides is 3. The summed E-state index contributed by atoms with van der Waals surface area (Å²) in [4.78, 5) is 45.4. The molecule has 3 amide bonds. The minimum Gasteiger partial charge on any atom is -0.370 e. The first-order valence-corrected chi connectivity index (χ1v) is 15.1. The van der Waals surface area contributed by atoms with Gasteiger partial charge < -0.3 is 10.2 Å². The van der Waals surface area contributed by atoms with Crippen molar-refractivity contribution in [2.45, 2.75) is 70.5 Å². The third-order valence-corrected chi connectivity index (χ3v) is 8.81. The van der Waals surface area contributed by atoms with E-state index in [1.54, 1.807) is 4.90 Å². The van der Waals surface area contributed by atoms with Gasteiger partial charge in [0.15, 0.2) is 0 Å². The van der Waals surface area contributed by atoms with Gasteiger partial charge in [0.1, 0.15) is 11.9 Å². The lowest BCUT2D eigenvalue weighted by molar-refractivity contribution is -0.136. The number of nitrogens with zero attached hydrogens (tertiary/aromatic N) is 3. The lowest BCUT2D eigenvalue weighted by Crippen LogP contribution is -2.52. The molecule has 8 heteroatoms. The minimum atomic E-state index is -0.571. The number of likely N-dealkylation sites (tertiary alicyclic amines) is 1.